The molecule has 0 spiro atoms. The van der Waals surface area contributed by atoms with E-state index in [1.54, 1.807) is 0 Å². The Morgan fingerprint density at radius 3 is 2.38 bits per heavy atom. The molecule has 0 fully saturated rings. The molecular formula is C14H10N2O8. The Morgan fingerprint density at radius 1 is 1.04 bits per heavy atom. The SMILES string of the molecule is O=C(OCc1ccc([N+](=O)[O-])cc1[N+](=O)[O-])c1cc(O)ccc1O. The van der Waals surface area contributed by atoms with Crippen LogP contribution in [0.15, 0.2) is 36.4 Å². The zero-order valence-corrected chi connectivity index (χ0v) is 11.9. The highest BCUT2D eigenvalue weighted by Gasteiger charge is 2.21. The number of nitro groups is 2. The Balaban J connectivity index is 2.22. The maximum Gasteiger partial charge on any atom is 0.342 e. The number of non-ortho nitro benzene ring substituents is 1. The van der Waals surface area contributed by atoms with Crippen LogP contribution in [-0.2, 0) is 11.3 Å². The van der Waals surface area contributed by atoms with Gasteiger partial charge >= 0.3 is 5.97 Å². The average Bonchev–Trinajstić information content (AvgIpc) is 2.54. The summed E-state index contributed by atoms with van der Waals surface area (Å²) in [5.41, 5.74) is -1.42. The van der Waals surface area contributed by atoms with Gasteiger partial charge in [-0.3, -0.25) is 20.2 Å². The van der Waals surface area contributed by atoms with Crippen LogP contribution >= 0.6 is 0 Å². The highest BCUT2D eigenvalue weighted by molar-refractivity contribution is 5.92. The molecule has 2 N–H and O–H groups in total. The first-order valence-corrected chi connectivity index (χ1v) is 6.40. The van der Waals surface area contributed by atoms with Crippen LogP contribution in [-0.4, -0.2) is 26.0 Å². The van der Waals surface area contributed by atoms with Crippen molar-refractivity contribution in [1.82, 2.24) is 0 Å². The fourth-order valence-electron chi connectivity index (χ4n) is 1.87. The Bertz CT molecular complexity index is 834. The largest absolute Gasteiger partial charge is 0.508 e. The molecule has 10 heteroatoms. The number of nitro benzene ring substituents is 2. The first-order valence-electron chi connectivity index (χ1n) is 6.40. The monoisotopic (exact) mass is 334 g/mol. The van der Waals surface area contributed by atoms with E-state index >= 15 is 0 Å². The molecule has 0 radical (unpaired) electrons. The Kier molecular flexibility index (Phi) is 4.59. The van der Waals surface area contributed by atoms with Crippen molar-refractivity contribution in [2.24, 2.45) is 0 Å². The number of nitrogens with zero attached hydrogens (tertiary/aromatic N) is 2. The number of hydrogen-bond donors (Lipinski definition) is 2. The molecule has 0 amide bonds. The van der Waals surface area contributed by atoms with E-state index in [1.165, 1.54) is 0 Å². The van der Waals surface area contributed by atoms with Crippen molar-refractivity contribution in [3.63, 3.8) is 0 Å². The number of esters is 1. The second kappa shape index (κ2) is 6.60. The van der Waals surface area contributed by atoms with Crippen LogP contribution in [0.25, 0.3) is 0 Å². The first kappa shape index (κ1) is 16.7. The fraction of sp³-hybridized carbons (Fsp3) is 0.0714. The van der Waals surface area contributed by atoms with E-state index in [1.807, 2.05) is 0 Å². The number of carbonyl (C=O) groups is 1. The van der Waals surface area contributed by atoms with Crippen LogP contribution in [0.4, 0.5) is 11.4 Å². The van der Waals surface area contributed by atoms with E-state index in [4.69, 9.17) is 4.74 Å². The van der Waals surface area contributed by atoms with E-state index < -0.39 is 39.5 Å². The van der Waals surface area contributed by atoms with Gasteiger partial charge in [-0.15, -0.1) is 0 Å². The van der Waals surface area contributed by atoms with E-state index in [9.17, 15) is 35.2 Å². The highest BCUT2D eigenvalue weighted by Crippen LogP contribution is 2.27. The van der Waals surface area contributed by atoms with Crippen molar-refractivity contribution < 1.29 is 29.6 Å². The molecular weight excluding hydrogens is 324 g/mol. The van der Waals surface area contributed by atoms with Crippen molar-refractivity contribution in [3.8, 4) is 11.5 Å². The minimum atomic E-state index is -1.02. The summed E-state index contributed by atoms with van der Waals surface area (Å²) in [6.45, 7) is -0.539. The predicted octanol–water partition coefficient (Wildman–Crippen LogP) is 2.27. The fourth-order valence-corrected chi connectivity index (χ4v) is 1.87. The lowest BCUT2D eigenvalue weighted by atomic mass is 10.1. The van der Waals surface area contributed by atoms with Gasteiger partial charge in [0.2, 0.25) is 0 Å². The van der Waals surface area contributed by atoms with Gasteiger partial charge in [-0.05, 0) is 24.3 Å². The maximum atomic E-state index is 11.9. The summed E-state index contributed by atoms with van der Waals surface area (Å²) in [6, 6.07) is 6.12. The Hall–Kier alpha value is -3.69. The number of aromatic hydroxyl groups is 2. The number of ether oxygens (including phenoxy) is 1. The quantitative estimate of drug-likeness (QED) is 0.365. The zero-order chi connectivity index (χ0) is 17.9. The van der Waals surface area contributed by atoms with Gasteiger partial charge in [-0.25, -0.2) is 4.79 Å². The highest BCUT2D eigenvalue weighted by atomic mass is 16.6. The van der Waals surface area contributed by atoms with Gasteiger partial charge in [0.05, 0.1) is 21.5 Å². The molecule has 0 aliphatic carbocycles. The lowest BCUT2D eigenvalue weighted by Crippen LogP contribution is -2.07. The smallest absolute Gasteiger partial charge is 0.342 e. The summed E-state index contributed by atoms with van der Waals surface area (Å²) >= 11 is 0. The van der Waals surface area contributed by atoms with Crippen LogP contribution < -0.4 is 0 Å². The minimum absolute atomic E-state index is 0.0569. The van der Waals surface area contributed by atoms with Crippen LogP contribution in [0.5, 0.6) is 11.5 Å². The summed E-state index contributed by atoms with van der Waals surface area (Å²) in [6.07, 6.45) is 0. The van der Waals surface area contributed by atoms with Gasteiger partial charge in [0.1, 0.15) is 23.7 Å². The molecule has 24 heavy (non-hydrogen) atoms. The summed E-state index contributed by atoms with van der Waals surface area (Å²) in [5.74, 6) is -1.73. The second-order valence-corrected chi connectivity index (χ2v) is 4.60. The molecule has 0 heterocycles. The molecule has 0 aromatic heterocycles. The van der Waals surface area contributed by atoms with Crippen molar-refractivity contribution in [3.05, 3.63) is 67.8 Å². The second-order valence-electron chi connectivity index (χ2n) is 4.60. The molecule has 0 atom stereocenters. The van der Waals surface area contributed by atoms with Gasteiger partial charge in [0, 0.05) is 6.07 Å². The molecule has 124 valence electrons. The Labute approximate surface area is 133 Å². The lowest BCUT2D eigenvalue weighted by molar-refractivity contribution is -0.394. The summed E-state index contributed by atoms with van der Waals surface area (Å²) in [7, 11) is 0. The average molecular weight is 334 g/mol. The van der Waals surface area contributed by atoms with Gasteiger partial charge in [0.25, 0.3) is 11.4 Å². The topological polar surface area (TPSA) is 153 Å². The summed E-state index contributed by atoms with van der Waals surface area (Å²) in [5, 5.41) is 40.5. The summed E-state index contributed by atoms with van der Waals surface area (Å²) in [4.78, 5) is 31.9. The molecule has 2 aromatic rings. The number of hydrogen-bond acceptors (Lipinski definition) is 8. The van der Waals surface area contributed by atoms with E-state index in [-0.39, 0.29) is 16.9 Å². The number of phenols is 2. The third-order valence-corrected chi connectivity index (χ3v) is 3.04. The zero-order valence-electron chi connectivity index (χ0n) is 11.9. The number of phenolic OH excluding ortho intramolecular Hbond substituents is 2. The number of benzene rings is 2. The van der Waals surface area contributed by atoms with Crippen LogP contribution in [0.1, 0.15) is 15.9 Å². The van der Waals surface area contributed by atoms with Gasteiger partial charge < -0.3 is 14.9 Å². The van der Waals surface area contributed by atoms with Gasteiger partial charge in [-0.2, -0.15) is 0 Å². The van der Waals surface area contributed by atoms with E-state index in [2.05, 4.69) is 0 Å². The molecule has 10 nitrogen and oxygen atoms in total. The molecule has 0 saturated heterocycles. The Morgan fingerprint density at radius 2 is 1.75 bits per heavy atom. The van der Waals surface area contributed by atoms with Gasteiger partial charge in [-0.1, -0.05) is 0 Å². The van der Waals surface area contributed by atoms with Crippen LogP contribution in [0.2, 0.25) is 0 Å². The lowest BCUT2D eigenvalue weighted by Gasteiger charge is -2.07. The van der Waals surface area contributed by atoms with E-state index in [0.29, 0.717) is 0 Å². The molecule has 0 unspecified atom stereocenters. The third-order valence-electron chi connectivity index (χ3n) is 3.04. The summed E-state index contributed by atoms with van der Waals surface area (Å²) < 4.78 is 4.86. The van der Waals surface area contributed by atoms with Crippen molar-refractivity contribution >= 4 is 17.3 Å². The maximum absolute atomic E-state index is 11.9. The molecule has 2 rings (SSSR count). The standard InChI is InChI=1S/C14H10N2O8/c17-10-3-4-13(18)11(6-10)14(19)24-7-8-1-2-9(15(20)21)5-12(8)16(22)23/h1-6,17-18H,7H2. The number of carbonyl (C=O) groups excluding carboxylic acids is 1. The molecule has 0 aliphatic heterocycles. The van der Waals surface area contributed by atoms with E-state index in [0.717, 1.165) is 36.4 Å². The molecule has 0 aliphatic rings. The number of rotatable bonds is 5. The van der Waals surface area contributed by atoms with Crippen LogP contribution in [0, 0.1) is 20.2 Å². The minimum Gasteiger partial charge on any atom is -0.508 e. The van der Waals surface area contributed by atoms with Crippen LogP contribution in [0.3, 0.4) is 0 Å². The molecule has 2 aromatic carbocycles. The molecule has 0 saturated carbocycles. The van der Waals surface area contributed by atoms with Crippen molar-refractivity contribution in [2.45, 2.75) is 6.61 Å². The molecule has 0 bridgehead atoms. The third kappa shape index (κ3) is 3.55. The predicted molar refractivity (Wildman–Crippen MR) is 78.6 cm³/mol. The van der Waals surface area contributed by atoms with Crippen molar-refractivity contribution in [1.29, 1.82) is 0 Å². The normalized spacial score (nSPS) is 10.2. The van der Waals surface area contributed by atoms with Gasteiger partial charge in [0.15, 0.2) is 0 Å². The van der Waals surface area contributed by atoms with Crippen molar-refractivity contribution in [2.75, 3.05) is 0 Å². The first-order chi connectivity index (χ1) is 11.3.